The average Bonchev–Trinajstić information content (AvgIpc) is 3.08. The number of aliphatic hydroxyl groups is 7. The van der Waals surface area contributed by atoms with Crippen LogP contribution in [-0.4, -0.2) is 137 Å². The minimum atomic E-state index is -1.95. The molecule has 0 aliphatic carbocycles. The van der Waals surface area contributed by atoms with Gasteiger partial charge < -0.3 is 83.2 Å². The summed E-state index contributed by atoms with van der Waals surface area (Å²) in [6, 6.07) is 5.70. The van der Waals surface area contributed by atoms with Gasteiger partial charge in [0.2, 0.25) is 34.7 Å². The van der Waals surface area contributed by atoms with Gasteiger partial charge in [0.15, 0.2) is 29.7 Å². The summed E-state index contributed by atoms with van der Waals surface area (Å²) in [5.74, 6) is -1.17. The van der Waals surface area contributed by atoms with Crippen LogP contribution in [0.2, 0.25) is 0 Å². The second-order valence-corrected chi connectivity index (χ2v) is 10.8. The van der Waals surface area contributed by atoms with E-state index in [-0.39, 0.29) is 45.5 Å². The third kappa shape index (κ3) is 6.07. The minimum Gasteiger partial charge on any atom is -0.501 e. The zero-order valence-electron chi connectivity index (χ0n) is 26.0. The molecule has 48 heavy (non-hydrogen) atoms. The Kier molecular flexibility index (Phi) is 10.5. The van der Waals surface area contributed by atoms with Crippen molar-refractivity contribution in [3.05, 3.63) is 34.5 Å². The summed E-state index contributed by atoms with van der Waals surface area (Å²) in [6.45, 7) is -0.749. The number of hydrogen-bond acceptors (Lipinski definition) is 18. The van der Waals surface area contributed by atoms with Crippen LogP contribution in [0.4, 0.5) is 0 Å². The van der Waals surface area contributed by atoms with Gasteiger partial charge in [-0.05, 0) is 24.3 Å². The molecule has 0 radical (unpaired) electrons. The molecule has 8 N–H and O–H groups in total. The zero-order valence-corrected chi connectivity index (χ0v) is 26.0. The van der Waals surface area contributed by atoms with Crippen molar-refractivity contribution in [1.29, 1.82) is 0 Å². The first-order chi connectivity index (χ1) is 22.9. The van der Waals surface area contributed by atoms with Crippen LogP contribution in [0.3, 0.4) is 0 Å². The van der Waals surface area contributed by atoms with Gasteiger partial charge in [-0.15, -0.1) is 0 Å². The van der Waals surface area contributed by atoms with E-state index < -0.39 is 79.4 Å². The van der Waals surface area contributed by atoms with Crippen molar-refractivity contribution < 1.29 is 83.2 Å². The lowest BCUT2D eigenvalue weighted by atomic mass is 9.98. The standard InChI is InChI=1S/C30H36O18/c1-40-22-13-15(33)25(41-2)21(46-23(13)27(43-4)18(36)26(22)42-3)10-5-7-11(8-6-10)44-30-20(38)24(19(37)28(39)48-30)47-29-17(35)16(34)14(32)12(9-31)45-29/h5-8,12,14,16-17,19-20,24,28-32,34-39H,9H2,1-4H3/t12?,14-,16+,17?,19-,20?,24?,28+,29+,30-/m1/s1. The van der Waals surface area contributed by atoms with Gasteiger partial charge in [-0.2, -0.15) is 0 Å². The highest BCUT2D eigenvalue weighted by Crippen LogP contribution is 2.50. The van der Waals surface area contributed by atoms with Gasteiger partial charge in [0.05, 0.1) is 35.0 Å². The number of ether oxygens (including phenoxy) is 8. The predicted molar refractivity (Wildman–Crippen MR) is 158 cm³/mol. The van der Waals surface area contributed by atoms with Gasteiger partial charge in [0, 0.05) is 5.56 Å². The van der Waals surface area contributed by atoms with Crippen molar-refractivity contribution in [2.45, 2.75) is 61.6 Å². The second kappa shape index (κ2) is 14.3. The van der Waals surface area contributed by atoms with Crippen molar-refractivity contribution in [3.63, 3.8) is 0 Å². The number of rotatable bonds is 10. The summed E-state index contributed by atoms with van der Waals surface area (Å²) in [5, 5.41) is 82.2. The maximum absolute atomic E-state index is 13.6. The monoisotopic (exact) mass is 684 g/mol. The molecule has 0 spiro atoms. The molecule has 3 heterocycles. The third-order valence-corrected chi connectivity index (χ3v) is 7.98. The van der Waals surface area contributed by atoms with Gasteiger partial charge in [-0.3, -0.25) is 4.79 Å². The fraction of sp³-hybridized carbons (Fsp3) is 0.500. The lowest BCUT2D eigenvalue weighted by Gasteiger charge is -2.45. The van der Waals surface area contributed by atoms with E-state index in [0.717, 1.165) is 0 Å². The van der Waals surface area contributed by atoms with Gasteiger partial charge in [-0.1, -0.05) is 0 Å². The Morgan fingerprint density at radius 1 is 0.708 bits per heavy atom. The van der Waals surface area contributed by atoms with E-state index in [9.17, 15) is 45.6 Å². The molecule has 0 amide bonds. The molecule has 3 aromatic rings. The number of aromatic hydroxyl groups is 1. The SMILES string of the molecule is COc1c(O)c(OC)c2oc(-c3ccc(O[C@@H]4O[C@H](O)[C@H](O)C(O[C@@H]5OC(CO)[C@@H](O)[C@H](O)C5O)C4O)cc3)c(OC)c(=O)c2c1OC. The first-order valence-corrected chi connectivity index (χ1v) is 14.4. The van der Waals surface area contributed by atoms with Crippen LogP contribution >= 0.6 is 0 Å². The van der Waals surface area contributed by atoms with Gasteiger partial charge in [0.25, 0.3) is 0 Å². The minimum absolute atomic E-state index is 0.0571. The first kappa shape index (κ1) is 35.4. The smallest absolute Gasteiger partial charge is 0.239 e. The van der Waals surface area contributed by atoms with E-state index in [1.54, 1.807) is 0 Å². The van der Waals surface area contributed by atoms with Crippen LogP contribution in [0.5, 0.6) is 34.5 Å². The summed E-state index contributed by atoms with van der Waals surface area (Å²) in [5.41, 5.74) is -0.538. The van der Waals surface area contributed by atoms with Crippen LogP contribution in [0, 0.1) is 0 Å². The van der Waals surface area contributed by atoms with Crippen LogP contribution in [0.15, 0.2) is 33.5 Å². The van der Waals surface area contributed by atoms with Crippen molar-refractivity contribution in [2.75, 3.05) is 35.0 Å². The molecule has 18 nitrogen and oxygen atoms in total. The third-order valence-electron chi connectivity index (χ3n) is 7.98. The maximum Gasteiger partial charge on any atom is 0.239 e. The highest BCUT2D eigenvalue weighted by molar-refractivity contribution is 5.96. The Bertz CT molecular complexity index is 1640. The van der Waals surface area contributed by atoms with Crippen molar-refractivity contribution in [2.24, 2.45) is 0 Å². The molecule has 10 atom stereocenters. The second-order valence-electron chi connectivity index (χ2n) is 10.8. The van der Waals surface area contributed by atoms with Crippen molar-refractivity contribution in [3.8, 4) is 45.8 Å². The highest BCUT2D eigenvalue weighted by Gasteiger charge is 2.51. The molecular formula is C30H36O18. The topological polar surface area (TPSA) is 266 Å². The Morgan fingerprint density at radius 3 is 1.92 bits per heavy atom. The van der Waals surface area contributed by atoms with Gasteiger partial charge >= 0.3 is 0 Å². The number of fused-ring (bicyclic) bond motifs is 1. The summed E-state index contributed by atoms with van der Waals surface area (Å²) >= 11 is 0. The zero-order chi connectivity index (χ0) is 35.0. The molecule has 1 aromatic heterocycles. The highest BCUT2D eigenvalue weighted by atomic mass is 16.8. The molecule has 2 saturated heterocycles. The summed E-state index contributed by atoms with van der Waals surface area (Å²) in [6.07, 6.45) is -17.4. The van der Waals surface area contributed by atoms with E-state index in [0.29, 0.717) is 5.56 Å². The molecule has 2 aliphatic heterocycles. The average molecular weight is 685 g/mol. The number of phenolic OH excluding ortho intramolecular Hbond substituents is 1. The summed E-state index contributed by atoms with van der Waals surface area (Å²) < 4.78 is 49.0. The molecule has 0 bridgehead atoms. The number of aliphatic hydroxyl groups excluding tert-OH is 7. The Morgan fingerprint density at radius 2 is 1.33 bits per heavy atom. The molecule has 5 rings (SSSR count). The first-order valence-electron chi connectivity index (χ1n) is 14.4. The van der Waals surface area contributed by atoms with E-state index in [1.165, 1.54) is 52.7 Å². The normalized spacial score (nSPS) is 30.6. The Hall–Kier alpha value is -3.95. The van der Waals surface area contributed by atoms with Crippen LogP contribution in [0.1, 0.15) is 0 Å². The lowest BCUT2D eigenvalue weighted by molar-refractivity contribution is -0.370. The molecule has 4 unspecified atom stereocenters. The number of phenols is 1. The number of benzene rings is 2. The van der Waals surface area contributed by atoms with E-state index in [1.807, 2.05) is 0 Å². The van der Waals surface area contributed by atoms with E-state index in [4.69, 9.17) is 42.3 Å². The van der Waals surface area contributed by atoms with Gasteiger partial charge in [-0.25, -0.2) is 0 Å². The van der Waals surface area contributed by atoms with E-state index >= 15 is 0 Å². The van der Waals surface area contributed by atoms with E-state index in [2.05, 4.69) is 0 Å². The van der Waals surface area contributed by atoms with Crippen LogP contribution < -0.4 is 29.1 Å². The fourth-order valence-electron chi connectivity index (χ4n) is 5.50. The predicted octanol–water partition coefficient (Wildman–Crippen LogP) is -1.84. The van der Waals surface area contributed by atoms with Gasteiger partial charge in [0.1, 0.15) is 53.9 Å². The quantitative estimate of drug-likeness (QED) is 0.117. The van der Waals surface area contributed by atoms with Crippen molar-refractivity contribution >= 4 is 11.0 Å². The lowest BCUT2D eigenvalue weighted by Crippen LogP contribution is -2.64. The Balaban J connectivity index is 1.42. The van der Waals surface area contributed by atoms with Crippen LogP contribution in [0.25, 0.3) is 22.3 Å². The number of methoxy groups -OCH3 is 4. The molecule has 2 fully saturated rings. The largest absolute Gasteiger partial charge is 0.501 e. The number of hydrogen-bond donors (Lipinski definition) is 8. The molecule has 2 aromatic carbocycles. The summed E-state index contributed by atoms with van der Waals surface area (Å²) in [4.78, 5) is 13.6. The maximum atomic E-state index is 13.6. The fourth-order valence-corrected chi connectivity index (χ4v) is 5.50. The summed E-state index contributed by atoms with van der Waals surface area (Å²) in [7, 11) is 5.06. The Labute approximate surface area is 271 Å². The van der Waals surface area contributed by atoms with Crippen LogP contribution in [-0.2, 0) is 14.2 Å². The molecular weight excluding hydrogens is 648 g/mol. The molecule has 0 saturated carbocycles. The molecule has 2 aliphatic rings. The molecule has 18 heteroatoms. The molecule has 264 valence electrons. The van der Waals surface area contributed by atoms with Crippen molar-refractivity contribution in [1.82, 2.24) is 0 Å².